The summed E-state index contributed by atoms with van der Waals surface area (Å²) < 4.78 is 5.80. The van der Waals surface area contributed by atoms with Crippen molar-refractivity contribution in [2.24, 2.45) is 0 Å². The van der Waals surface area contributed by atoms with Gasteiger partial charge < -0.3 is 4.42 Å². The molecule has 0 fully saturated rings. The van der Waals surface area contributed by atoms with Gasteiger partial charge in [-0.25, -0.2) is 0 Å². The normalized spacial score (nSPS) is 12.0. The summed E-state index contributed by atoms with van der Waals surface area (Å²) in [5.41, 5.74) is 3.01. The summed E-state index contributed by atoms with van der Waals surface area (Å²) in [7, 11) is 0. The maximum atomic E-state index is 12.1. The number of aryl methyl sites for hydroxylation is 1. The van der Waals surface area contributed by atoms with Crippen LogP contribution in [0.5, 0.6) is 0 Å². The fourth-order valence-electron chi connectivity index (χ4n) is 2.65. The standard InChI is InChI=1S/C20H32O2/c1-6-7-8-9-10-11-12-15(2)13-14-19-17(4)20(21)16(3)18(5)22-19/h13H,6-12,14H2,1-5H3. The molecule has 0 saturated carbocycles. The first-order chi connectivity index (χ1) is 10.5. The molecule has 0 N–H and O–H groups in total. The molecule has 0 amide bonds. The van der Waals surface area contributed by atoms with Crippen LogP contribution < -0.4 is 5.43 Å². The lowest BCUT2D eigenvalue weighted by Gasteiger charge is -2.07. The van der Waals surface area contributed by atoms with Crippen LogP contribution in [0.3, 0.4) is 0 Å². The van der Waals surface area contributed by atoms with E-state index in [1.807, 2.05) is 20.8 Å². The van der Waals surface area contributed by atoms with Crippen molar-refractivity contribution in [3.63, 3.8) is 0 Å². The lowest BCUT2D eigenvalue weighted by atomic mass is 10.0. The zero-order valence-electron chi connectivity index (χ0n) is 15.1. The molecule has 0 bridgehead atoms. The Bertz CT molecular complexity index is 550. The highest BCUT2D eigenvalue weighted by Gasteiger charge is 2.09. The van der Waals surface area contributed by atoms with E-state index in [-0.39, 0.29) is 5.43 Å². The third-order valence-corrected chi connectivity index (χ3v) is 4.46. The molecule has 0 aliphatic rings. The van der Waals surface area contributed by atoms with Crippen LogP contribution in [-0.2, 0) is 6.42 Å². The molecule has 1 rings (SSSR count). The second kappa shape index (κ2) is 9.66. The second-order valence-corrected chi connectivity index (χ2v) is 6.43. The van der Waals surface area contributed by atoms with Gasteiger partial charge in [-0.15, -0.1) is 0 Å². The first kappa shape index (κ1) is 18.7. The fraction of sp³-hybridized carbons (Fsp3) is 0.650. The second-order valence-electron chi connectivity index (χ2n) is 6.43. The van der Waals surface area contributed by atoms with E-state index in [9.17, 15) is 4.79 Å². The molecular weight excluding hydrogens is 272 g/mol. The summed E-state index contributed by atoms with van der Waals surface area (Å²) in [6.07, 6.45) is 12.1. The van der Waals surface area contributed by atoms with Crippen molar-refractivity contribution in [3.8, 4) is 0 Å². The molecule has 0 spiro atoms. The van der Waals surface area contributed by atoms with Gasteiger partial charge in [-0.2, -0.15) is 0 Å². The third kappa shape index (κ3) is 5.82. The van der Waals surface area contributed by atoms with Gasteiger partial charge in [0.25, 0.3) is 0 Å². The van der Waals surface area contributed by atoms with Gasteiger partial charge in [0.15, 0.2) is 5.43 Å². The van der Waals surface area contributed by atoms with Crippen LogP contribution in [0.1, 0.15) is 81.4 Å². The molecule has 0 aliphatic carbocycles. The lowest BCUT2D eigenvalue weighted by molar-refractivity contribution is 0.464. The van der Waals surface area contributed by atoms with Crippen molar-refractivity contribution in [3.05, 3.63) is 44.5 Å². The van der Waals surface area contributed by atoms with Crippen LogP contribution in [0.15, 0.2) is 20.9 Å². The van der Waals surface area contributed by atoms with Gasteiger partial charge in [0.05, 0.1) is 0 Å². The molecule has 1 aromatic heterocycles. The molecule has 124 valence electrons. The van der Waals surface area contributed by atoms with E-state index in [2.05, 4.69) is 19.9 Å². The van der Waals surface area contributed by atoms with Crippen molar-refractivity contribution in [2.75, 3.05) is 0 Å². The van der Waals surface area contributed by atoms with E-state index in [1.54, 1.807) is 0 Å². The largest absolute Gasteiger partial charge is 0.465 e. The smallest absolute Gasteiger partial charge is 0.191 e. The minimum atomic E-state index is 0.126. The fourth-order valence-corrected chi connectivity index (χ4v) is 2.65. The maximum Gasteiger partial charge on any atom is 0.191 e. The van der Waals surface area contributed by atoms with E-state index in [1.165, 1.54) is 44.1 Å². The Morgan fingerprint density at radius 2 is 1.64 bits per heavy atom. The molecule has 2 heteroatoms. The first-order valence-corrected chi connectivity index (χ1v) is 8.72. The van der Waals surface area contributed by atoms with Gasteiger partial charge >= 0.3 is 0 Å². The summed E-state index contributed by atoms with van der Waals surface area (Å²) >= 11 is 0. The molecule has 0 radical (unpaired) electrons. The minimum Gasteiger partial charge on any atom is -0.465 e. The molecule has 0 unspecified atom stereocenters. The maximum absolute atomic E-state index is 12.1. The Morgan fingerprint density at radius 3 is 2.32 bits per heavy atom. The van der Waals surface area contributed by atoms with Gasteiger partial charge in [0, 0.05) is 17.5 Å². The molecule has 0 atom stereocenters. The Balaban J connectivity index is 2.49. The predicted octanol–water partition coefficient (Wildman–Crippen LogP) is 5.80. The molecule has 1 aromatic rings. The molecule has 1 heterocycles. The van der Waals surface area contributed by atoms with Crippen LogP contribution >= 0.6 is 0 Å². The number of unbranched alkanes of at least 4 members (excludes halogenated alkanes) is 5. The summed E-state index contributed by atoms with van der Waals surface area (Å²) in [4.78, 5) is 12.1. The quantitative estimate of drug-likeness (QED) is 0.426. The van der Waals surface area contributed by atoms with E-state index >= 15 is 0 Å². The summed E-state index contributed by atoms with van der Waals surface area (Å²) in [6, 6.07) is 0. The predicted molar refractivity (Wildman–Crippen MR) is 94.6 cm³/mol. The van der Waals surface area contributed by atoms with Crippen molar-refractivity contribution in [1.29, 1.82) is 0 Å². The third-order valence-electron chi connectivity index (χ3n) is 4.46. The van der Waals surface area contributed by atoms with Crippen molar-refractivity contribution in [2.45, 2.75) is 86.0 Å². The van der Waals surface area contributed by atoms with Crippen LogP contribution in [0.4, 0.5) is 0 Å². The van der Waals surface area contributed by atoms with Gasteiger partial charge in [-0.05, 0) is 40.5 Å². The summed E-state index contributed by atoms with van der Waals surface area (Å²) in [5, 5.41) is 0. The first-order valence-electron chi connectivity index (χ1n) is 8.72. The van der Waals surface area contributed by atoms with Crippen LogP contribution in [0, 0.1) is 20.8 Å². The molecule has 22 heavy (non-hydrogen) atoms. The van der Waals surface area contributed by atoms with Gasteiger partial charge in [0.1, 0.15) is 11.5 Å². The minimum absolute atomic E-state index is 0.126. The van der Waals surface area contributed by atoms with Gasteiger partial charge in [0.2, 0.25) is 0 Å². The van der Waals surface area contributed by atoms with Gasteiger partial charge in [-0.1, -0.05) is 50.7 Å². The highest BCUT2D eigenvalue weighted by molar-refractivity contribution is 5.26. The summed E-state index contributed by atoms with van der Waals surface area (Å²) in [6.45, 7) is 10.00. The molecule has 0 saturated heterocycles. The Labute approximate surface area is 135 Å². The molecule has 0 aliphatic heterocycles. The zero-order valence-corrected chi connectivity index (χ0v) is 15.1. The topological polar surface area (TPSA) is 30.2 Å². The van der Waals surface area contributed by atoms with E-state index < -0.39 is 0 Å². The highest BCUT2D eigenvalue weighted by Crippen LogP contribution is 2.15. The number of rotatable bonds is 9. The lowest BCUT2D eigenvalue weighted by Crippen LogP contribution is -2.13. The van der Waals surface area contributed by atoms with E-state index in [0.717, 1.165) is 35.5 Å². The van der Waals surface area contributed by atoms with Crippen molar-refractivity contribution in [1.82, 2.24) is 0 Å². The van der Waals surface area contributed by atoms with Crippen LogP contribution in [-0.4, -0.2) is 0 Å². The van der Waals surface area contributed by atoms with Crippen molar-refractivity contribution < 1.29 is 4.42 Å². The summed E-state index contributed by atoms with van der Waals surface area (Å²) in [5.74, 6) is 1.56. The van der Waals surface area contributed by atoms with Crippen molar-refractivity contribution >= 4 is 0 Å². The van der Waals surface area contributed by atoms with Gasteiger partial charge in [-0.3, -0.25) is 4.79 Å². The zero-order chi connectivity index (χ0) is 16.5. The van der Waals surface area contributed by atoms with E-state index in [0.29, 0.717) is 0 Å². The van der Waals surface area contributed by atoms with Crippen LogP contribution in [0.2, 0.25) is 0 Å². The SMILES string of the molecule is CCCCCCCCC(C)=CCc1oc(C)c(C)c(=O)c1C. The number of hydrogen-bond acceptors (Lipinski definition) is 2. The highest BCUT2D eigenvalue weighted by atomic mass is 16.3. The average Bonchev–Trinajstić information content (AvgIpc) is 2.51. The Hall–Kier alpha value is -1.31. The van der Waals surface area contributed by atoms with E-state index in [4.69, 9.17) is 4.42 Å². The monoisotopic (exact) mass is 304 g/mol. The number of hydrogen-bond donors (Lipinski definition) is 0. The Morgan fingerprint density at radius 1 is 1.00 bits per heavy atom. The Kier molecular flexibility index (Phi) is 8.22. The molecule has 0 aromatic carbocycles. The van der Waals surface area contributed by atoms with Crippen LogP contribution in [0.25, 0.3) is 0 Å². The number of allylic oxidation sites excluding steroid dienone is 2. The molecule has 2 nitrogen and oxygen atoms in total. The molecular formula is C20H32O2. The average molecular weight is 304 g/mol.